The van der Waals surface area contributed by atoms with Crippen LogP contribution < -0.4 is 10.6 Å². The third-order valence-electron chi connectivity index (χ3n) is 5.96. The number of amides is 4. The Hall–Kier alpha value is -1.79. The highest BCUT2D eigenvalue weighted by Gasteiger charge is 2.30. The van der Waals surface area contributed by atoms with Crippen molar-refractivity contribution >= 4 is 17.8 Å². The van der Waals surface area contributed by atoms with Crippen LogP contribution >= 0.6 is 0 Å². The second-order valence-electron chi connectivity index (χ2n) is 7.80. The van der Waals surface area contributed by atoms with Crippen molar-refractivity contribution < 1.29 is 14.4 Å². The summed E-state index contributed by atoms with van der Waals surface area (Å²) in [7, 11) is 0. The fourth-order valence-corrected chi connectivity index (χ4v) is 4.29. The van der Waals surface area contributed by atoms with Crippen molar-refractivity contribution in [1.82, 2.24) is 20.4 Å². The quantitative estimate of drug-likeness (QED) is 0.722. The van der Waals surface area contributed by atoms with Gasteiger partial charge in [0.2, 0.25) is 11.8 Å². The van der Waals surface area contributed by atoms with E-state index in [2.05, 4.69) is 10.6 Å². The largest absolute Gasteiger partial charge is 0.354 e. The van der Waals surface area contributed by atoms with Gasteiger partial charge >= 0.3 is 6.03 Å². The van der Waals surface area contributed by atoms with Crippen molar-refractivity contribution in [2.75, 3.05) is 39.3 Å². The Morgan fingerprint density at radius 1 is 0.654 bits per heavy atom. The molecule has 4 amide bonds. The van der Waals surface area contributed by atoms with Crippen LogP contribution in [0.25, 0.3) is 0 Å². The van der Waals surface area contributed by atoms with Gasteiger partial charge in [0.1, 0.15) is 0 Å². The number of likely N-dealkylation sites (tertiary alicyclic amines) is 2. The number of hydrogen-bond donors (Lipinski definition) is 2. The van der Waals surface area contributed by atoms with E-state index in [9.17, 15) is 14.4 Å². The average molecular weight is 364 g/mol. The highest BCUT2D eigenvalue weighted by atomic mass is 16.2. The van der Waals surface area contributed by atoms with E-state index in [1.165, 1.54) is 0 Å². The molecule has 3 aliphatic rings. The first-order chi connectivity index (χ1) is 12.6. The number of hydrogen-bond acceptors (Lipinski definition) is 3. The number of piperidine rings is 1. The lowest BCUT2D eigenvalue weighted by Crippen LogP contribution is -2.48. The molecule has 7 nitrogen and oxygen atoms in total. The lowest BCUT2D eigenvalue weighted by molar-refractivity contribution is -0.127. The second-order valence-corrected chi connectivity index (χ2v) is 7.80. The maximum Gasteiger partial charge on any atom is 0.319 e. The number of urea groups is 1. The number of carbonyl (C=O) groups is 3. The summed E-state index contributed by atoms with van der Waals surface area (Å²) in [5, 5.41) is 5.85. The Labute approximate surface area is 155 Å². The summed E-state index contributed by atoms with van der Waals surface area (Å²) in [5.74, 6) is 0.324. The van der Waals surface area contributed by atoms with E-state index in [-0.39, 0.29) is 29.7 Å². The molecule has 146 valence electrons. The standard InChI is InChI=1S/C19H32N4O3/c24-17(15-5-1-2-6-15)20-9-10-21-18(25)16-7-13-23(14-8-16)19(26)22-11-3-4-12-22/h15-16H,1-14H2,(H,20,24)(H,21,25). The first-order valence-corrected chi connectivity index (χ1v) is 10.2. The van der Waals surface area contributed by atoms with E-state index in [0.717, 1.165) is 64.5 Å². The number of rotatable bonds is 5. The van der Waals surface area contributed by atoms with Crippen LogP contribution in [0.4, 0.5) is 4.79 Å². The normalized spacial score (nSPS) is 21.8. The monoisotopic (exact) mass is 364 g/mol. The minimum absolute atomic E-state index is 0.0249. The predicted molar refractivity (Wildman–Crippen MR) is 98.5 cm³/mol. The fraction of sp³-hybridized carbons (Fsp3) is 0.842. The summed E-state index contributed by atoms with van der Waals surface area (Å²) < 4.78 is 0. The Balaban J connectivity index is 1.29. The predicted octanol–water partition coefficient (Wildman–Crippen LogP) is 1.34. The molecule has 0 aromatic rings. The van der Waals surface area contributed by atoms with Gasteiger partial charge in [-0.05, 0) is 38.5 Å². The summed E-state index contributed by atoms with van der Waals surface area (Å²) in [4.78, 5) is 40.4. The van der Waals surface area contributed by atoms with Crippen molar-refractivity contribution in [1.29, 1.82) is 0 Å². The van der Waals surface area contributed by atoms with Crippen molar-refractivity contribution in [2.45, 2.75) is 51.4 Å². The molecule has 3 fully saturated rings. The molecule has 1 aliphatic carbocycles. The third-order valence-corrected chi connectivity index (χ3v) is 5.96. The molecule has 0 aromatic carbocycles. The molecule has 0 spiro atoms. The molecule has 2 N–H and O–H groups in total. The molecule has 0 bridgehead atoms. The van der Waals surface area contributed by atoms with Crippen LogP contribution in [0.15, 0.2) is 0 Å². The molecular weight excluding hydrogens is 332 g/mol. The fourth-order valence-electron chi connectivity index (χ4n) is 4.29. The lowest BCUT2D eigenvalue weighted by Gasteiger charge is -2.34. The molecule has 2 aliphatic heterocycles. The van der Waals surface area contributed by atoms with Gasteiger partial charge < -0.3 is 20.4 Å². The number of nitrogens with one attached hydrogen (secondary N) is 2. The van der Waals surface area contributed by atoms with E-state index < -0.39 is 0 Å². The maximum absolute atomic E-state index is 12.4. The molecule has 26 heavy (non-hydrogen) atoms. The van der Waals surface area contributed by atoms with Crippen molar-refractivity contribution in [2.24, 2.45) is 11.8 Å². The summed E-state index contributed by atoms with van der Waals surface area (Å²) in [5.41, 5.74) is 0. The van der Waals surface area contributed by atoms with E-state index in [0.29, 0.717) is 26.2 Å². The van der Waals surface area contributed by atoms with Gasteiger partial charge in [-0.2, -0.15) is 0 Å². The molecule has 3 rings (SSSR count). The van der Waals surface area contributed by atoms with Gasteiger partial charge in [-0.15, -0.1) is 0 Å². The number of nitrogens with zero attached hydrogens (tertiary/aromatic N) is 2. The molecule has 1 saturated carbocycles. The van der Waals surface area contributed by atoms with Gasteiger partial charge in [-0.25, -0.2) is 4.79 Å². The van der Waals surface area contributed by atoms with E-state index in [1.54, 1.807) is 0 Å². The molecular formula is C19H32N4O3. The Morgan fingerprint density at radius 3 is 1.65 bits per heavy atom. The van der Waals surface area contributed by atoms with Crippen LogP contribution in [0.2, 0.25) is 0 Å². The first kappa shape index (κ1) is 19.0. The van der Waals surface area contributed by atoms with Gasteiger partial charge in [0, 0.05) is 51.1 Å². The summed E-state index contributed by atoms with van der Waals surface area (Å²) in [6.07, 6.45) is 7.92. The highest BCUT2D eigenvalue weighted by Crippen LogP contribution is 2.24. The van der Waals surface area contributed by atoms with Crippen LogP contribution in [-0.4, -0.2) is 66.9 Å². The highest BCUT2D eigenvalue weighted by molar-refractivity contribution is 5.80. The van der Waals surface area contributed by atoms with Gasteiger partial charge in [0.15, 0.2) is 0 Å². The van der Waals surface area contributed by atoms with Crippen LogP contribution in [0, 0.1) is 11.8 Å². The minimum atomic E-state index is -0.0249. The molecule has 7 heteroatoms. The zero-order valence-electron chi connectivity index (χ0n) is 15.7. The van der Waals surface area contributed by atoms with E-state index in [4.69, 9.17) is 0 Å². The second kappa shape index (κ2) is 9.24. The Morgan fingerprint density at radius 2 is 1.12 bits per heavy atom. The van der Waals surface area contributed by atoms with Crippen LogP contribution in [0.1, 0.15) is 51.4 Å². The van der Waals surface area contributed by atoms with Gasteiger partial charge in [0.05, 0.1) is 0 Å². The lowest BCUT2D eigenvalue weighted by atomic mass is 9.96. The Kier molecular flexibility index (Phi) is 6.74. The molecule has 0 aromatic heterocycles. The third kappa shape index (κ3) is 4.89. The molecule has 0 unspecified atom stereocenters. The average Bonchev–Trinajstić information content (AvgIpc) is 3.38. The number of carbonyl (C=O) groups excluding carboxylic acids is 3. The SMILES string of the molecule is O=C(NCCNC(=O)C1CCN(C(=O)N2CCCC2)CC1)C1CCCC1. The zero-order chi connectivity index (χ0) is 18.4. The maximum atomic E-state index is 12.4. The van der Waals surface area contributed by atoms with Crippen LogP contribution in [0.5, 0.6) is 0 Å². The molecule has 0 atom stereocenters. The smallest absolute Gasteiger partial charge is 0.319 e. The van der Waals surface area contributed by atoms with Crippen LogP contribution in [0.3, 0.4) is 0 Å². The minimum Gasteiger partial charge on any atom is -0.354 e. The van der Waals surface area contributed by atoms with Crippen LogP contribution in [-0.2, 0) is 9.59 Å². The molecule has 2 heterocycles. The first-order valence-electron chi connectivity index (χ1n) is 10.2. The molecule has 0 radical (unpaired) electrons. The molecule has 2 saturated heterocycles. The van der Waals surface area contributed by atoms with E-state index >= 15 is 0 Å². The van der Waals surface area contributed by atoms with Crippen molar-refractivity contribution in [3.05, 3.63) is 0 Å². The summed E-state index contributed by atoms with van der Waals surface area (Å²) in [6.45, 7) is 4.02. The van der Waals surface area contributed by atoms with Gasteiger partial charge in [0.25, 0.3) is 0 Å². The van der Waals surface area contributed by atoms with Gasteiger partial charge in [-0.3, -0.25) is 9.59 Å². The summed E-state index contributed by atoms with van der Waals surface area (Å²) in [6, 6.07) is 0.135. The summed E-state index contributed by atoms with van der Waals surface area (Å²) >= 11 is 0. The van der Waals surface area contributed by atoms with Gasteiger partial charge in [-0.1, -0.05) is 12.8 Å². The van der Waals surface area contributed by atoms with Crippen molar-refractivity contribution in [3.63, 3.8) is 0 Å². The van der Waals surface area contributed by atoms with E-state index in [1.807, 2.05) is 9.80 Å². The zero-order valence-corrected chi connectivity index (χ0v) is 15.7. The topological polar surface area (TPSA) is 81.8 Å². The Bertz CT molecular complexity index is 505. The van der Waals surface area contributed by atoms with Crippen molar-refractivity contribution in [3.8, 4) is 0 Å².